The first kappa shape index (κ1) is 18.4. The lowest BCUT2D eigenvalue weighted by atomic mass is 9.92. The second kappa shape index (κ2) is 10.2. The lowest BCUT2D eigenvalue weighted by Crippen LogP contribution is -2.51. The van der Waals surface area contributed by atoms with Gasteiger partial charge in [-0.25, -0.2) is 0 Å². The van der Waals surface area contributed by atoms with Crippen molar-refractivity contribution < 1.29 is 4.79 Å². The summed E-state index contributed by atoms with van der Waals surface area (Å²) >= 11 is 0. The molecule has 1 amide bonds. The monoisotopic (exact) mass is 297 g/mol. The van der Waals surface area contributed by atoms with E-state index in [4.69, 9.17) is 5.73 Å². The fourth-order valence-corrected chi connectivity index (χ4v) is 3.09. The highest BCUT2D eigenvalue weighted by atomic mass is 16.2. The fourth-order valence-electron chi connectivity index (χ4n) is 3.09. The van der Waals surface area contributed by atoms with Crippen LogP contribution in [0.5, 0.6) is 0 Å². The van der Waals surface area contributed by atoms with Crippen LogP contribution in [0.25, 0.3) is 0 Å². The van der Waals surface area contributed by atoms with Crippen LogP contribution in [0.2, 0.25) is 0 Å². The molecule has 0 saturated carbocycles. The highest BCUT2D eigenvalue weighted by Gasteiger charge is 2.27. The molecule has 2 unspecified atom stereocenters. The number of rotatable bonds is 9. The summed E-state index contributed by atoms with van der Waals surface area (Å²) in [7, 11) is 0. The van der Waals surface area contributed by atoms with Gasteiger partial charge in [0.05, 0.1) is 6.54 Å². The first-order valence-electron chi connectivity index (χ1n) is 8.84. The zero-order valence-corrected chi connectivity index (χ0v) is 14.3. The molecule has 0 aliphatic carbocycles. The van der Waals surface area contributed by atoms with Crippen molar-refractivity contribution >= 4 is 5.91 Å². The number of unbranched alkanes of at least 4 members (excludes halogenated alkanes) is 2. The first-order valence-corrected chi connectivity index (χ1v) is 8.84. The van der Waals surface area contributed by atoms with Crippen molar-refractivity contribution in [3.8, 4) is 0 Å². The van der Waals surface area contributed by atoms with E-state index >= 15 is 0 Å². The molecule has 1 heterocycles. The third-order valence-electron chi connectivity index (χ3n) is 4.63. The maximum absolute atomic E-state index is 12.6. The summed E-state index contributed by atoms with van der Waals surface area (Å²) in [5, 5.41) is 0. The Bertz CT molecular complexity index is 288. The maximum atomic E-state index is 12.6. The van der Waals surface area contributed by atoms with Gasteiger partial charge in [-0.15, -0.1) is 0 Å². The van der Waals surface area contributed by atoms with Crippen molar-refractivity contribution in [1.29, 1.82) is 0 Å². The van der Waals surface area contributed by atoms with Gasteiger partial charge in [-0.3, -0.25) is 9.69 Å². The van der Waals surface area contributed by atoms with E-state index in [9.17, 15) is 4.79 Å². The van der Waals surface area contributed by atoms with E-state index in [1.165, 1.54) is 6.42 Å². The van der Waals surface area contributed by atoms with Gasteiger partial charge in [-0.1, -0.05) is 33.6 Å². The Labute approximate surface area is 131 Å². The minimum atomic E-state index is 0.296. The van der Waals surface area contributed by atoms with Crippen LogP contribution in [0.15, 0.2) is 0 Å². The second-order valence-electron chi connectivity index (χ2n) is 6.58. The normalized spacial score (nSPS) is 23.2. The van der Waals surface area contributed by atoms with Gasteiger partial charge in [-0.2, -0.15) is 0 Å². The number of hydrogen-bond acceptors (Lipinski definition) is 3. The topological polar surface area (TPSA) is 49.6 Å². The van der Waals surface area contributed by atoms with Crippen LogP contribution in [0.3, 0.4) is 0 Å². The van der Waals surface area contributed by atoms with E-state index < -0.39 is 0 Å². The molecular weight excluding hydrogens is 262 g/mol. The van der Waals surface area contributed by atoms with Crippen molar-refractivity contribution in [2.75, 3.05) is 32.7 Å². The first-order chi connectivity index (χ1) is 10.1. The molecule has 1 fully saturated rings. The Hall–Kier alpha value is -0.610. The molecule has 0 aromatic heterocycles. The van der Waals surface area contributed by atoms with Crippen LogP contribution >= 0.6 is 0 Å². The van der Waals surface area contributed by atoms with Crippen LogP contribution in [-0.2, 0) is 4.79 Å². The summed E-state index contributed by atoms with van der Waals surface area (Å²) in [5.41, 5.74) is 5.90. The Morgan fingerprint density at radius 1 is 1.24 bits per heavy atom. The number of nitrogens with zero attached hydrogens (tertiary/aromatic N) is 2. The third kappa shape index (κ3) is 6.35. The summed E-state index contributed by atoms with van der Waals surface area (Å²) in [6.45, 7) is 10.7. The summed E-state index contributed by atoms with van der Waals surface area (Å²) < 4.78 is 0. The molecule has 21 heavy (non-hydrogen) atoms. The molecule has 4 nitrogen and oxygen atoms in total. The van der Waals surface area contributed by atoms with Gasteiger partial charge >= 0.3 is 0 Å². The van der Waals surface area contributed by atoms with Gasteiger partial charge in [-0.05, 0) is 38.1 Å². The van der Waals surface area contributed by atoms with E-state index in [1.54, 1.807) is 0 Å². The molecule has 124 valence electrons. The van der Waals surface area contributed by atoms with Crippen molar-refractivity contribution in [2.24, 2.45) is 11.7 Å². The molecule has 4 heteroatoms. The molecule has 2 atom stereocenters. The maximum Gasteiger partial charge on any atom is 0.236 e. The number of hydrogen-bond donors (Lipinski definition) is 1. The molecule has 2 N–H and O–H groups in total. The molecule has 1 aliphatic rings. The minimum Gasteiger partial charge on any atom is -0.342 e. The average Bonchev–Trinajstić information content (AvgIpc) is 2.49. The molecule has 0 aromatic rings. The smallest absolute Gasteiger partial charge is 0.236 e. The van der Waals surface area contributed by atoms with Gasteiger partial charge in [0.25, 0.3) is 0 Å². The van der Waals surface area contributed by atoms with Crippen LogP contribution in [0.1, 0.15) is 59.3 Å². The zero-order valence-electron chi connectivity index (χ0n) is 14.3. The van der Waals surface area contributed by atoms with Gasteiger partial charge < -0.3 is 10.6 Å². The standard InChI is InChI=1S/C17H35N3O/c1-4-6-9-19(10-7-5-2)17(21)14-20-11-8-15(3)12-16(20)13-18/h15-16H,4-14,18H2,1-3H3. The summed E-state index contributed by atoms with van der Waals surface area (Å²) in [4.78, 5) is 17.0. The van der Waals surface area contributed by atoms with Gasteiger partial charge in [0.15, 0.2) is 0 Å². The zero-order chi connectivity index (χ0) is 15.7. The fraction of sp³-hybridized carbons (Fsp3) is 0.941. The largest absolute Gasteiger partial charge is 0.342 e. The highest BCUT2D eigenvalue weighted by molar-refractivity contribution is 5.78. The second-order valence-corrected chi connectivity index (χ2v) is 6.58. The molecule has 0 radical (unpaired) electrons. The predicted molar refractivity (Wildman–Crippen MR) is 89.2 cm³/mol. The molecule has 1 saturated heterocycles. The van der Waals surface area contributed by atoms with E-state index in [1.807, 2.05) is 0 Å². The van der Waals surface area contributed by atoms with Crippen molar-refractivity contribution in [3.05, 3.63) is 0 Å². The van der Waals surface area contributed by atoms with Gasteiger partial charge in [0.1, 0.15) is 0 Å². The average molecular weight is 297 g/mol. The van der Waals surface area contributed by atoms with Crippen LogP contribution in [-0.4, -0.2) is 54.5 Å². The SMILES string of the molecule is CCCCN(CCCC)C(=O)CN1CCC(C)CC1CN. The molecule has 0 bridgehead atoms. The Balaban J connectivity index is 2.53. The number of carbonyl (C=O) groups is 1. The van der Waals surface area contributed by atoms with Crippen molar-refractivity contribution in [2.45, 2.75) is 65.3 Å². The highest BCUT2D eigenvalue weighted by Crippen LogP contribution is 2.21. The Morgan fingerprint density at radius 2 is 1.86 bits per heavy atom. The minimum absolute atomic E-state index is 0.296. The lowest BCUT2D eigenvalue weighted by Gasteiger charge is -2.38. The third-order valence-corrected chi connectivity index (χ3v) is 4.63. The van der Waals surface area contributed by atoms with Gasteiger partial charge in [0.2, 0.25) is 5.91 Å². The van der Waals surface area contributed by atoms with E-state index in [0.717, 1.165) is 57.7 Å². The quantitative estimate of drug-likeness (QED) is 0.711. The van der Waals surface area contributed by atoms with Crippen molar-refractivity contribution in [1.82, 2.24) is 9.80 Å². The number of piperidine rings is 1. The van der Waals surface area contributed by atoms with E-state index in [0.29, 0.717) is 25.0 Å². The van der Waals surface area contributed by atoms with Crippen molar-refractivity contribution in [3.63, 3.8) is 0 Å². The van der Waals surface area contributed by atoms with Crippen LogP contribution < -0.4 is 5.73 Å². The Kier molecular flexibility index (Phi) is 8.93. The van der Waals surface area contributed by atoms with Crippen LogP contribution in [0, 0.1) is 5.92 Å². The number of amides is 1. The molecule has 0 spiro atoms. The Morgan fingerprint density at radius 3 is 2.38 bits per heavy atom. The predicted octanol–water partition coefficient (Wildman–Crippen LogP) is 2.47. The molecular formula is C17H35N3O. The number of nitrogens with two attached hydrogens (primary N) is 1. The molecule has 1 aliphatic heterocycles. The molecule has 1 rings (SSSR count). The summed E-state index contributed by atoms with van der Waals surface area (Å²) in [6, 6.07) is 0.386. The van der Waals surface area contributed by atoms with E-state index in [-0.39, 0.29) is 0 Å². The van der Waals surface area contributed by atoms with E-state index in [2.05, 4.69) is 30.6 Å². The lowest BCUT2D eigenvalue weighted by molar-refractivity contribution is -0.133. The number of carbonyl (C=O) groups excluding carboxylic acids is 1. The van der Waals surface area contributed by atoms with Crippen LogP contribution in [0.4, 0.5) is 0 Å². The molecule has 0 aromatic carbocycles. The summed E-state index contributed by atoms with van der Waals surface area (Å²) in [6.07, 6.45) is 6.81. The number of likely N-dealkylation sites (tertiary alicyclic amines) is 1. The summed E-state index contributed by atoms with van der Waals surface area (Å²) in [5.74, 6) is 1.03. The van der Waals surface area contributed by atoms with Gasteiger partial charge in [0, 0.05) is 25.7 Å².